The number of aliphatic hydroxyl groups is 1. The number of nitriles is 1. The minimum absolute atomic E-state index is 0.0611. The molecule has 4 rings (SSSR count). The van der Waals surface area contributed by atoms with Crippen LogP contribution in [0.4, 0.5) is 0 Å². The molecular formula is C21H20N4O. The quantitative estimate of drug-likeness (QED) is 0.560. The van der Waals surface area contributed by atoms with Crippen LogP contribution in [0.1, 0.15) is 23.9 Å². The van der Waals surface area contributed by atoms with E-state index in [9.17, 15) is 10.4 Å². The van der Waals surface area contributed by atoms with E-state index < -0.39 is 0 Å². The Labute approximate surface area is 152 Å². The first kappa shape index (κ1) is 16.4. The van der Waals surface area contributed by atoms with Gasteiger partial charge in [-0.05, 0) is 36.6 Å². The molecule has 0 saturated heterocycles. The third kappa shape index (κ3) is 2.85. The van der Waals surface area contributed by atoms with Crippen molar-refractivity contribution in [3.63, 3.8) is 0 Å². The Balaban J connectivity index is 1.65. The summed E-state index contributed by atoms with van der Waals surface area (Å²) in [6.07, 6.45) is 0.945. The van der Waals surface area contributed by atoms with Crippen molar-refractivity contribution >= 4 is 16.6 Å². The molecule has 26 heavy (non-hydrogen) atoms. The van der Waals surface area contributed by atoms with E-state index in [2.05, 4.69) is 39.1 Å². The number of aliphatic hydroxyl groups excluding tert-OH is 1. The van der Waals surface area contributed by atoms with Crippen LogP contribution in [0, 0.1) is 11.3 Å². The molecule has 5 nitrogen and oxygen atoms in total. The molecule has 1 aromatic heterocycles. The van der Waals surface area contributed by atoms with E-state index >= 15 is 0 Å². The molecule has 0 saturated carbocycles. The highest BCUT2D eigenvalue weighted by molar-refractivity contribution is 5.83. The van der Waals surface area contributed by atoms with Crippen molar-refractivity contribution in [2.75, 3.05) is 6.54 Å². The molecule has 0 spiro atoms. The van der Waals surface area contributed by atoms with Gasteiger partial charge in [0.15, 0.2) is 5.82 Å². The third-order valence-corrected chi connectivity index (χ3v) is 5.10. The first-order valence-electron chi connectivity index (χ1n) is 8.76. The van der Waals surface area contributed by atoms with Gasteiger partial charge in [-0.1, -0.05) is 36.4 Å². The Morgan fingerprint density at radius 3 is 2.69 bits per heavy atom. The van der Waals surface area contributed by atoms with Crippen molar-refractivity contribution in [1.29, 1.82) is 5.26 Å². The summed E-state index contributed by atoms with van der Waals surface area (Å²) in [5, 5.41) is 20.4. The van der Waals surface area contributed by atoms with Gasteiger partial charge in [-0.15, -0.1) is 0 Å². The molecule has 0 unspecified atom stereocenters. The predicted octanol–water partition coefficient (Wildman–Crippen LogP) is 3.80. The summed E-state index contributed by atoms with van der Waals surface area (Å²) in [5.74, 6) is 0.474. The number of allylic oxidation sites excluding steroid dienone is 1. The number of benzene rings is 2. The summed E-state index contributed by atoms with van der Waals surface area (Å²) in [4.78, 5) is 9.78. The summed E-state index contributed by atoms with van der Waals surface area (Å²) in [7, 11) is 0. The molecule has 2 N–H and O–H groups in total. The zero-order chi connectivity index (χ0) is 18.1. The summed E-state index contributed by atoms with van der Waals surface area (Å²) >= 11 is 0. The van der Waals surface area contributed by atoms with Gasteiger partial charge in [0, 0.05) is 13.1 Å². The van der Waals surface area contributed by atoms with Gasteiger partial charge in [-0.3, -0.25) is 4.90 Å². The Bertz CT molecular complexity index is 995. The number of imidazole rings is 1. The SMILES string of the molecule is C[C@@H](/C(O)=C(\C#N)c1nc2ccccc2[nH]1)N1CCc2ccccc2C1. The van der Waals surface area contributed by atoms with Gasteiger partial charge < -0.3 is 10.1 Å². The molecule has 2 aromatic carbocycles. The number of para-hydroxylation sites is 2. The second kappa shape index (κ2) is 6.66. The molecule has 0 aliphatic carbocycles. The van der Waals surface area contributed by atoms with Crippen molar-refractivity contribution in [2.24, 2.45) is 0 Å². The number of fused-ring (bicyclic) bond motifs is 2. The average molecular weight is 344 g/mol. The van der Waals surface area contributed by atoms with Crippen LogP contribution in [0.5, 0.6) is 0 Å². The van der Waals surface area contributed by atoms with Gasteiger partial charge in [0.25, 0.3) is 0 Å². The van der Waals surface area contributed by atoms with Gasteiger partial charge in [-0.2, -0.15) is 5.26 Å². The van der Waals surface area contributed by atoms with Crippen LogP contribution in [0.2, 0.25) is 0 Å². The van der Waals surface area contributed by atoms with Crippen LogP contribution >= 0.6 is 0 Å². The van der Waals surface area contributed by atoms with Crippen molar-refractivity contribution in [1.82, 2.24) is 14.9 Å². The normalized spacial score (nSPS) is 16.6. The molecule has 5 heteroatoms. The fourth-order valence-electron chi connectivity index (χ4n) is 3.53. The lowest BCUT2D eigenvalue weighted by Crippen LogP contribution is -2.39. The smallest absolute Gasteiger partial charge is 0.152 e. The number of nitrogens with zero attached hydrogens (tertiary/aromatic N) is 3. The lowest BCUT2D eigenvalue weighted by Gasteiger charge is -2.33. The summed E-state index contributed by atoms with van der Waals surface area (Å²) in [6, 6.07) is 17.8. The Kier molecular flexibility index (Phi) is 4.19. The van der Waals surface area contributed by atoms with E-state index in [4.69, 9.17) is 0 Å². The molecular weight excluding hydrogens is 324 g/mol. The first-order valence-corrected chi connectivity index (χ1v) is 8.76. The maximum Gasteiger partial charge on any atom is 0.152 e. The van der Waals surface area contributed by atoms with Crippen LogP contribution in [0.25, 0.3) is 16.6 Å². The zero-order valence-electron chi connectivity index (χ0n) is 14.6. The number of hydrogen-bond donors (Lipinski definition) is 2. The third-order valence-electron chi connectivity index (χ3n) is 5.10. The van der Waals surface area contributed by atoms with Crippen molar-refractivity contribution in [3.05, 3.63) is 71.2 Å². The van der Waals surface area contributed by atoms with E-state index in [-0.39, 0.29) is 17.4 Å². The average Bonchev–Trinajstić information content (AvgIpc) is 3.11. The molecule has 0 amide bonds. The Morgan fingerprint density at radius 2 is 1.92 bits per heavy atom. The molecule has 1 aliphatic rings. The van der Waals surface area contributed by atoms with E-state index in [1.807, 2.05) is 37.3 Å². The minimum Gasteiger partial charge on any atom is -0.509 e. The lowest BCUT2D eigenvalue weighted by atomic mass is 9.98. The summed E-state index contributed by atoms with van der Waals surface area (Å²) in [6.45, 7) is 3.55. The van der Waals surface area contributed by atoms with E-state index in [1.54, 1.807) is 0 Å². The van der Waals surface area contributed by atoms with Gasteiger partial charge in [-0.25, -0.2) is 4.98 Å². The fourth-order valence-corrected chi connectivity index (χ4v) is 3.53. The number of aromatic nitrogens is 2. The molecule has 130 valence electrons. The number of rotatable bonds is 3. The van der Waals surface area contributed by atoms with Gasteiger partial charge in [0.05, 0.1) is 17.1 Å². The number of nitrogens with one attached hydrogen (secondary N) is 1. The Hall–Kier alpha value is -3.10. The number of aromatic amines is 1. The van der Waals surface area contributed by atoms with Crippen LogP contribution < -0.4 is 0 Å². The standard InChI is InChI=1S/C21H20N4O/c1-14(25-11-10-15-6-2-3-7-16(15)13-25)20(26)17(12-22)21-23-18-8-4-5-9-19(18)24-21/h2-9,14,26H,10-11,13H2,1H3,(H,23,24)/b20-17-/t14-/m0/s1. The van der Waals surface area contributed by atoms with Crippen LogP contribution in [-0.4, -0.2) is 32.6 Å². The summed E-state index contributed by atoms with van der Waals surface area (Å²) < 4.78 is 0. The molecule has 1 atom stereocenters. The van der Waals surface area contributed by atoms with Crippen molar-refractivity contribution in [2.45, 2.75) is 25.9 Å². The second-order valence-corrected chi connectivity index (χ2v) is 6.64. The van der Waals surface area contributed by atoms with E-state index in [1.165, 1.54) is 11.1 Å². The fraction of sp³-hybridized carbons (Fsp3) is 0.238. The van der Waals surface area contributed by atoms with Crippen LogP contribution in [-0.2, 0) is 13.0 Å². The van der Waals surface area contributed by atoms with Gasteiger partial charge in [0.2, 0.25) is 0 Å². The lowest BCUT2D eigenvalue weighted by molar-refractivity contribution is 0.173. The highest BCUT2D eigenvalue weighted by Crippen LogP contribution is 2.26. The molecule has 0 bridgehead atoms. The van der Waals surface area contributed by atoms with Crippen LogP contribution in [0.15, 0.2) is 54.3 Å². The minimum atomic E-state index is -0.258. The highest BCUT2D eigenvalue weighted by Gasteiger charge is 2.26. The van der Waals surface area contributed by atoms with E-state index in [0.717, 1.165) is 30.5 Å². The van der Waals surface area contributed by atoms with Crippen molar-refractivity contribution < 1.29 is 5.11 Å². The summed E-state index contributed by atoms with van der Waals surface area (Å²) in [5.41, 5.74) is 4.47. The molecule has 0 radical (unpaired) electrons. The zero-order valence-corrected chi connectivity index (χ0v) is 14.6. The van der Waals surface area contributed by atoms with Gasteiger partial charge in [0.1, 0.15) is 17.4 Å². The van der Waals surface area contributed by atoms with Crippen molar-refractivity contribution in [3.8, 4) is 6.07 Å². The Morgan fingerprint density at radius 1 is 1.19 bits per heavy atom. The number of hydrogen-bond acceptors (Lipinski definition) is 4. The maximum absolute atomic E-state index is 10.8. The van der Waals surface area contributed by atoms with E-state index in [0.29, 0.717) is 5.82 Å². The molecule has 1 aliphatic heterocycles. The first-order chi connectivity index (χ1) is 12.7. The highest BCUT2D eigenvalue weighted by atomic mass is 16.3. The predicted molar refractivity (Wildman–Crippen MR) is 101 cm³/mol. The molecule has 0 fully saturated rings. The molecule has 2 heterocycles. The largest absolute Gasteiger partial charge is 0.509 e. The molecule has 3 aromatic rings. The second-order valence-electron chi connectivity index (χ2n) is 6.64. The topological polar surface area (TPSA) is 75.9 Å². The maximum atomic E-state index is 10.8. The van der Waals surface area contributed by atoms with Crippen LogP contribution in [0.3, 0.4) is 0 Å². The van der Waals surface area contributed by atoms with Gasteiger partial charge >= 0.3 is 0 Å². The monoisotopic (exact) mass is 344 g/mol. The number of H-pyrrole nitrogens is 1.